The van der Waals surface area contributed by atoms with Crippen molar-refractivity contribution in [3.63, 3.8) is 0 Å². The first-order chi connectivity index (χ1) is 22.0. The van der Waals surface area contributed by atoms with Crippen molar-refractivity contribution in [2.45, 2.75) is 46.1 Å². The van der Waals surface area contributed by atoms with Crippen LogP contribution >= 0.6 is 0 Å². The van der Waals surface area contributed by atoms with Gasteiger partial charge in [0.2, 0.25) is 11.8 Å². The third kappa shape index (κ3) is 6.68. The van der Waals surface area contributed by atoms with E-state index in [0.29, 0.717) is 30.6 Å². The second-order valence-corrected chi connectivity index (χ2v) is 11.2. The summed E-state index contributed by atoms with van der Waals surface area (Å²) in [6.07, 6.45) is 3.82. The summed E-state index contributed by atoms with van der Waals surface area (Å²) in [4.78, 5) is 11.4. The number of carbonyl (C=O) groups excluding carboxylic acids is 1. The normalized spacial score (nSPS) is 11.2. The number of carbonyl (C=O) groups is 1. The van der Waals surface area contributed by atoms with Gasteiger partial charge in [-0.05, 0) is 99.2 Å². The van der Waals surface area contributed by atoms with E-state index in [9.17, 15) is 4.79 Å². The number of nitrogens with zero attached hydrogens (tertiary/aromatic N) is 3. The van der Waals surface area contributed by atoms with Crippen LogP contribution in [0.15, 0.2) is 108 Å². The van der Waals surface area contributed by atoms with E-state index in [1.54, 1.807) is 6.92 Å². The van der Waals surface area contributed by atoms with Gasteiger partial charge in [-0.1, -0.05) is 49.0 Å². The summed E-state index contributed by atoms with van der Waals surface area (Å²) in [6.45, 7) is 9.41. The van der Waals surface area contributed by atoms with Crippen molar-refractivity contribution in [1.82, 2.24) is 14.8 Å². The zero-order valence-electron chi connectivity index (χ0n) is 25.8. The number of para-hydroxylation sites is 1. The van der Waals surface area contributed by atoms with Gasteiger partial charge in [0.05, 0.1) is 13.2 Å². The van der Waals surface area contributed by atoms with E-state index in [-0.39, 0.29) is 5.97 Å². The monoisotopic (exact) mass is 599 g/mol. The molecule has 7 heteroatoms. The summed E-state index contributed by atoms with van der Waals surface area (Å²) in [5, 5.41) is 11.1. The van der Waals surface area contributed by atoms with Crippen LogP contribution in [-0.4, -0.2) is 33.9 Å². The van der Waals surface area contributed by atoms with Crippen LogP contribution in [-0.2, 0) is 16.1 Å². The van der Waals surface area contributed by atoms with Crippen molar-refractivity contribution in [1.29, 1.82) is 0 Å². The maximum Gasteiger partial charge on any atom is 0.333 e. The maximum absolute atomic E-state index is 11.4. The van der Waals surface area contributed by atoms with Gasteiger partial charge in [-0.2, -0.15) is 0 Å². The van der Waals surface area contributed by atoms with E-state index in [0.717, 1.165) is 60.2 Å². The molecule has 0 aliphatic carbocycles. The fourth-order valence-corrected chi connectivity index (χ4v) is 5.57. The number of hydrogen-bond donors (Lipinski definition) is 0. The number of fused-ring (bicyclic) bond motifs is 3. The molecule has 6 aromatic rings. The molecule has 0 bridgehead atoms. The van der Waals surface area contributed by atoms with Crippen LogP contribution < -0.4 is 4.74 Å². The maximum atomic E-state index is 11.4. The molecule has 0 spiro atoms. The lowest BCUT2D eigenvalue weighted by atomic mass is 10.0. The van der Waals surface area contributed by atoms with Crippen LogP contribution in [0.5, 0.6) is 5.75 Å². The Morgan fingerprint density at radius 3 is 2.04 bits per heavy atom. The summed E-state index contributed by atoms with van der Waals surface area (Å²) in [5.74, 6) is 1.52. The van der Waals surface area contributed by atoms with Crippen LogP contribution in [0.25, 0.3) is 55.8 Å². The first-order valence-corrected chi connectivity index (χ1v) is 15.5. The number of rotatable bonds is 13. The lowest BCUT2D eigenvalue weighted by molar-refractivity contribution is -0.139. The molecule has 2 heterocycles. The van der Waals surface area contributed by atoms with Crippen LogP contribution in [0.1, 0.15) is 39.5 Å². The highest BCUT2D eigenvalue weighted by Gasteiger charge is 2.15. The van der Waals surface area contributed by atoms with E-state index < -0.39 is 0 Å². The lowest BCUT2D eigenvalue weighted by Crippen LogP contribution is -2.06. The Balaban J connectivity index is 1.04. The average Bonchev–Trinajstić information content (AvgIpc) is 3.69. The SMILES string of the molecule is C=C(C)C(=O)OCCCCCCOc1ccc(-c2ccc(-c3nnc(-c4ccc5c(c4)c4ccccc4n5CC)o3)cc2)cc1. The number of aromatic nitrogens is 3. The van der Waals surface area contributed by atoms with Crippen LogP contribution in [0.4, 0.5) is 0 Å². The number of unbranched alkanes of at least 4 members (excludes halogenated alkanes) is 3. The van der Waals surface area contributed by atoms with Crippen LogP contribution in [0, 0.1) is 0 Å². The molecule has 0 aliphatic heterocycles. The second kappa shape index (κ2) is 13.6. The Morgan fingerprint density at radius 1 is 0.733 bits per heavy atom. The second-order valence-electron chi connectivity index (χ2n) is 11.2. The van der Waals surface area contributed by atoms with Gasteiger partial charge in [-0.15, -0.1) is 10.2 Å². The summed E-state index contributed by atoms with van der Waals surface area (Å²) >= 11 is 0. The van der Waals surface area contributed by atoms with Gasteiger partial charge in [0.1, 0.15) is 5.75 Å². The Morgan fingerprint density at radius 2 is 1.33 bits per heavy atom. The van der Waals surface area contributed by atoms with Gasteiger partial charge in [-0.25, -0.2) is 4.79 Å². The molecule has 228 valence electrons. The Bertz CT molecular complexity index is 1930. The molecule has 0 unspecified atom stereocenters. The van der Waals surface area contributed by atoms with Crippen molar-refractivity contribution in [3.05, 3.63) is 103 Å². The Labute approximate surface area is 263 Å². The average molecular weight is 600 g/mol. The smallest absolute Gasteiger partial charge is 0.333 e. The van der Waals surface area contributed by atoms with Crippen molar-refractivity contribution in [2.75, 3.05) is 13.2 Å². The minimum absolute atomic E-state index is 0.319. The molecule has 4 aromatic carbocycles. The molecule has 0 radical (unpaired) electrons. The lowest BCUT2D eigenvalue weighted by Gasteiger charge is -2.08. The number of esters is 1. The van der Waals surface area contributed by atoms with Crippen molar-refractivity contribution >= 4 is 27.8 Å². The quantitative estimate of drug-likeness (QED) is 0.0748. The third-order valence-corrected chi connectivity index (χ3v) is 7.97. The molecule has 45 heavy (non-hydrogen) atoms. The number of benzene rings is 4. The van der Waals surface area contributed by atoms with E-state index in [1.807, 2.05) is 30.3 Å². The first-order valence-electron chi connectivity index (χ1n) is 15.5. The number of aryl methyl sites for hydroxylation is 1. The minimum Gasteiger partial charge on any atom is -0.494 e. The highest BCUT2D eigenvalue weighted by molar-refractivity contribution is 6.09. The van der Waals surface area contributed by atoms with E-state index >= 15 is 0 Å². The predicted octanol–water partition coefficient (Wildman–Crippen LogP) is 9.26. The fourth-order valence-electron chi connectivity index (χ4n) is 5.57. The molecule has 0 N–H and O–H groups in total. The van der Waals surface area contributed by atoms with E-state index in [2.05, 4.69) is 88.9 Å². The van der Waals surface area contributed by atoms with E-state index in [1.165, 1.54) is 21.8 Å². The predicted molar refractivity (Wildman–Crippen MR) is 179 cm³/mol. The standard InChI is InChI=1S/C38H37N3O4/c1-4-41-34-12-8-7-11-32(34)33-25-30(19-22-35(33)41)37-40-39-36(45-37)29-15-13-27(14-16-29)28-17-20-31(21-18-28)43-23-9-5-6-10-24-44-38(42)26(2)3/h7-8,11-22,25H,2,4-6,9-10,23-24H2,1,3H3. The molecule has 0 saturated heterocycles. The van der Waals surface area contributed by atoms with Gasteiger partial charge >= 0.3 is 5.97 Å². The fraction of sp³-hybridized carbons (Fsp3) is 0.237. The summed E-state index contributed by atoms with van der Waals surface area (Å²) in [6, 6.07) is 31.1. The molecule has 0 amide bonds. The molecule has 0 aliphatic rings. The van der Waals surface area contributed by atoms with Gasteiger partial charge in [0.15, 0.2) is 0 Å². The number of hydrogen-bond acceptors (Lipinski definition) is 6. The zero-order chi connectivity index (χ0) is 31.2. The molecule has 7 nitrogen and oxygen atoms in total. The summed E-state index contributed by atoms with van der Waals surface area (Å²) < 4.78 is 19.5. The first kappa shape index (κ1) is 29.9. The van der Waals surface area contributed by atoms with Crippen molar-refractivity contribution in [2.24, 2.45) is 0 Å². The highest BCUT2D eigenvalue weighted by atomic mass is 16.5. The van der Waals surface area contributed by atoms with Gasteiger partial charge in [-0.3, -0.25) is 0 Å². The molecule has 0 saturated carbocycles. The van der Waals surface area contributed by atoms with Crippen molar-refractivity contribution in [3.8, 4) is 39.8 Å². The Hall–Kier alpha value is -5.17. The molecule has 0 atom stereocenters. The zero-order valence-corrected chi connectivity index (χ0v) is 25.8. The molecular formula is C38H37N3O4. The molecular weight excluding hydrogens is 562 g/mol. The van der Waals surface area contributed by atoms with Crippen LogP contribution in [0.3, 0.4) is 0 Å². The topological polar surface area (TPSA) is 79.4 Å². The van der Waals surface area contributed by atoms with Gasteiger partial charge in [0, 0.05) is 45.1 Å². The minimum atomic E-state index is -0.319. The molecule has 2 aromatic heterocycles. The highest BCUT2D eigenvalue weighted by Crippen LogP contribution is 2.33. The Kier molecular flexibility index (Phi) is 9.06. The molecule has 6 rings (SSSR count). The largest absolute Gasteiger partial charge is 0.494 e. The summed E-state index contributed by atoms with van der Waals surface area (Å²) in [7, 11) is 0. The summed E-state index contributed by atoms with van der Waals surface area (Å²) in [5.41, 5.74) is 6.83. The third-order valence-electron chi connectivity index (χ3n) is 7.97. The molecule has 0 fully saturated rings. The van der Waals surface area contributed by atoms with E-state index in [4.69, 9.17) is 13.9 Å². The number of ether oxygens (including phenoxy) is 2. The van der Waals surface area contributed by atoms with Gasteiger partial charge in [0.25, 0.3) is 0 Å². The van der Waals surface area contributed by atoms with Gasteiger partial charge < -0.3 is 18.5 Å². The van der Waals surface area contributed by atoms with Crippen molar-refractivity contribution < 1.29 is 18.7 Å². The van der Waals surface area contributed by atoms with Crippen LogP contribution in [0.2, 0.25) is 0 Å².